The second-order valence-corrected chi connectivity index (χ2v) is 5.33. The van der Waals surface area contributed by atoms with Crippen molar-refractivity contribution in [3.05, 3.63) is 36.1 Å². The Hall–Kier alpha value is -1.71. The van der Waals surface area contributed by atoms with E-state index in [1.807, 2.05) is 53.7 Å². The number of allylic oxidation sites excluding steroid dienone is 3. The molecule has 1 amide bonds. The number of ether oxygens (including phenoxy) is 2. The maximum Gasteiger partial charge on any atom is 0.410 e. The second-order valence-electron chi connectivity index (χ2n) is 5.33. The molecule has 1 aliphatic rings. The normalized spacial score (nSPS) is 19.2. The van der Waals surface area contributed by atoms with Crippen molar-refractivity contribution in [1.82, 2.24) is 4.90 Å². The lowest BCUT2D eigenvalue weighted by atomic mass is 10.2. The Balaban J connectivity index is 0.00000191. The molecule has 0 aromatic rings. The van der Waals surface area contributed by atoms with Gasteiger partial charge in [-0.1, -0.05) is 32.6 Å². The van der Waals surface area contributed by atoms with Crippen LogP contribution in [-0.4, -0.2) is 36.3 Å². The van der Waals surface area contributed by atoms with Gasteiger partial charge in [-0.2, -0.15) is 0 Å². The number of amides is 1. The molecule has 0 spiro atoms. The fourth-order valence-electron chi connectivity index (χ4n) is 1.75. The molecule has 1 fully saturated rings. The first-order valence-corrected chi connectivity index (χ1v) is 7.46. The number of hydrogen-bond acceptors (Lipinski definition) is 3. The first-order chi connectivity index (χ1) is 9.87. The maximum absolute atomic E-state index is 12.1. The molecule has 4 nitrogen and oxygen atoms in total. The molecular formula is C17H29NO3. The summed E-state index contributed by atoms with van der Waals surface area (Å²) < 4.78 is 11.0. The van der Waals surface area contributed by atoms with Gasteiger partial charge in [0, 0.05) is 5.57 Å². The molecule has 1 rings (SSSR count). The van der Waals surface area contributed by atoms with E-state index in [-0.39, 0.29) is 6.09 Å². The van der Waals surface area contributed by atoms with E-state index in [2.05, 4.69) is 6.58 Å². The molecule has 1 aliphatic heterocycles. The lowest BCUT2D eigenvalue weighted by Crippen LogP contribution is -2.38. The topological polar surface area (TPSA) is 38.8 Å². The van der Waals surface area contributed by atoms with Gasteiger partial charge in [0.05, 0.1) is 13.1 Å². The summed E-state index contributed by atoms with van der Waals surface area (Å²) in [6.07, 6.45) is 5.13. The van der Waals surface area contributed by atoms with Crippen LogP contribution >= 0.6 is 0 Å². The van der Waals surface area contributed by atoms with Crippen molar-refractivity contribution in [1.29, 1.82) is 0 Å². The molecule has 21 heavy (non-hydrogen) atoms. The summed E-state index contributed by atoms with van der Waals surface area (Å²) in [4.78, 5) is 13.7. The van der Waals surface area contributed by atoms with Gasteiger partial charge in [0.25, 0.3) is 0 Å². The number of nitrogens with zero attached hydrogens (tertiary/aromatic N) is 1. The minimum Gasteiger partial charge on any atom is -0.492 e. The van der Waals surface area contributed by atoms with Crippen LogP contribution in [0.2, 0.25) is 0 Å². The van der Waals surface area contributed by atoms with Crippen LogP contribution in [0.1, 0.15) is 41.5 Å². The molecule has 120 valence electrons. The molecule has 0 aliphatic carbocycles. The summed E-state index contributed by atoms with van der Waals surface area (Å²) in [5, 5.41) is 0. The van der Waals surface area contributed by atoms with E-state index in [1.54, 1.807) is 11.0 Å². The molecule has 0 N–H and O–H groups in total. The van der Waals surface area contributed by atoms with Crippen LogP contribution in [0.25, 0.3) is 0 Å². The molecule has 1 heterocycles. The van der Waals surface area contributed by atoms with Gasteiger partial charge in [-0.25, -0.2) is 4.79 Å². The first kappa shape index (κ1) is 19.3. The van der Waals surface area contributed by atoms with E-state index in [0.717, 1.165) is 11.3 Å². The number of carbonyl (C=O) groups excluding carboxylic acids is 1. The summed E-state index contributed by atoms with van der Waals surface area (Å²) in [6, 6.07) is 0. The molecule has 0 bridgehead atoms. The van der Waals surface area contributed by atoms with Crippen molar-refractivity contribution >= 4 is 6.09 Å². The molecule has 1 saturated heterocycles. The van der Waals surface area contributed by atoms with Crippen LogP contribution in [-0.2, 0) is 9.47 Å². The predicted octanol–water partition coefficient (Wildman–Crippen LogP) is 4.30. The van der Waals surface area contributed by atoms with Gasteiger partial charge >= 0.3 is 6.09 Å². The van der Waals surface area contributed by atoms with Gasteiger partial charge in [-0.3, -0.25) is 0 Å². The van der Waals surface area contributed by atoms with E-state index in [9.17, 15) is 4.79 Å². The Labute approximate surface area is 129 Å². The van der Waals surface area contributed by atoms with Crippen LogP contribution in [0.3, 0.4) is 0 Å². The Morgan fingerprint density at radius 1 is 1.38 bits per heavy atom. The summed E-state index contributed by atoms with van der Waals surface area (Å²) in [7, 11) is 0. The Morgan fingerprint density at radius 3 is 2.48 bits per heavy atom. The zero-order valence-electron chi connectivity index (χ0n) is 14.2. The quantitative estimate of drug-likeness (QED) is 0.724. The molecule has 0 aromatic heterocycles. The van der Waals surface area contributed by atoms with E-state index in [0.29, 0.717) is 19.7 Å². The third-order valence-corrected chi connectivity index (χ3v) is 2.53. The van der Waals surface area contributed by atoms with Gasteiger partial charge in [-0.05, 0) is 33.8 Å². The summed E-state index contributed by atoms with van der Waals surface area (Å²) in [6.45, 7) is 16.6. The van der Waals surface area contributed by atoms with E-state index >= 15 is 0 Å². The Bertz CT molecular complexity index is 403. The van der Waals surface area contributed by atoms with Crippen LogP contribution in [0.15, 0.2) is 36.1 Å². The smallest absolute Gasteiger partial charge is 0.410 e. The number of rotatable bonds is 1. The van der Waals surface area contributed by atoms with Gasteiger partial charge in [-0.15, -0.1) is 0 Å². The van der Waals surface area contributed by atoms with Crippen molar-refractivity contribution in [2.45, 2.75) is 47.1 Å². The van der Waals surface area contributed by atoms with Gasteiger partial charge in [0.1, 0.15) is 18.0 Å². The highest BCUT2D eigenvalue weighted by Gasteiger charge is 2.25. The largest absolute Gasteiger partial charge is 0.492 e. The summed E-state index contributed by atoms with van der Waals surface area (Å²) in [5.41, 5.74) is 0.441. The van der Waals surface area contributed by atoms with Crippen molar-refractivity contribution in [3.8, 4) is 0 Å². The van der Waals surface area contributed by atoms with E-state index < -0.39 is 5.60 Å². The van der Waals surface area contributed by atoms with E-state index in [1.165, 1.54) is 0 Å². The van der Waals surface area contributed by atoms with Crippen LogP contribution in [0.5, 0.6) is 0 Å². The highest BCUT2D eigenvalue weighted by atomic mass is 16.6. The monoisotopic (exact) mass is 295 g/mol. The van der Waals surface area contributed by atoms with E-state index in [4.69, 9.17) is 9.47 Å². The van der Waals surface area contributed by atoms with Crippen molar-refractivity contribution < 1.29 is 14.3 Å². The zero-order chi connectivity index (χ0) is 16.5. The molecule has 4 heteroatoms. The fraction of sp³-hybridized carbons (Fsp3) is 0.588. The lowest BCUT2D eigenvalue weighted by molar-refractivity contribution is 0.0254. The highest BCUT2D eigenvalue weighted by molar-refractivity contribution is 5.69. The molecule has 0 unspecified atom stereocenters. The average Bonchev–Trinajstić information content (AvgIpc) is 2.62. The summed E-state index contributed by atoms with van der Waals surface area (Å²) in [5.74, 6) is 0.797. The number of carbonyl (C=O) groups is 1. The standard InChI is InChI=1S/C15H23NO3.C2H6/c1-6-8-12-11-16(9-10-18-13(12)7-2)14(17)19-15(3,4)5;1-2/h6-8H,1,9-11H2,2-5H3;1-2H3/b12-8-,13-7+;. The molecular weight excluding hydrogens is 266 g/mol. The Morgan fingerprint density at radius 2 is 2.00 bits per heavy atom. The molecule has 0 atom stereocenters. The number of hydrogen-bond donors (Lipinski definition) is 0. The van der Waals surface area contributed by atoms with Crippen LogP contribution in [0, 0.1) is 0 Å². The first-order valence-electron chi connectivity index (χ1n) is 7.46. The predicted molar refractivity (Wildman–Crippen MR) is 87.1 cm³/mol. The third-order valence-electron chi connectivity index (χ3n) is 2.53. The van der Waals surface area contributed by atoms with Crippen LogP contribution in [0.4, 0.5) is 4.79 Å². The fourth-order valence-corrected chi connectivity index (χ4v) is 1.75. The Kier molecular flexibility index (Phi) is 8.51. The van der Waals surface area contributed by atoms with Crippen LogP contribution < -0.4 is 0 Å². The average molecular weight is 295 g/mol. The second kappa shape index (κ2) is 9.27. The minimum atomic E-state index is -0.490. The van der Waals surface area contributed by atoms with Crippen molar-refractivity contribution in [2.75, 3.05) is 19.7 Å². The zero-order valence-corrected chi connectivity index (χ0v) is 14.2. The lowest BCUT2D eigenvalue weighted by Gasteiger charge is -2.26. The van der Waals surface area contributed by atoms with Gasteiger partial charge < -0.3 is 14.4 Å². The SMILES string of the molecule is C=C/C=C1/CN(C(=O)OC(C)(C)C)CCO/C1=C/C.CC. The third kappa shape index (κ3) is 7.02. The molecule has 0 saturated carbocycles. The maximum atomic E-state index is 12.1. The minimum absolute atomic E-state index is 0.316. The van der Waals surface area contributed by atoms with Crippen molar-refractivity contribution in [3.63, 3.8) is 0 Å². The molecule has 0 radical (unpaired) electrons. The van der Waals surface area contributed by atoms with Crippen molar-refractivity contribution in [2.24, 2.45) is 0 Å². The van der Waals surface area contributed by atoms with Gasteiger partial charge in [0.2, 0.25) is 0 Å². The summed E-state index contributed by atoms with van der Waals surface area (Å²) >= 11 is 0. The van der Waals surface area contributed by atoms with Gasteiger partial charge in [0.15, 0.2) is 0 Å². The molecule has 0 aromatic carbocycles. The highest BCUT2D eigenvalue weighted by Crippen LogP contribution is 2.19.